The van der Waals surface area contributed by atoms with Crippen molar-refractivity contribution in [1.82, 2.24) is 15.6 Å². The Kier molecular flexibility index (Phi) is 7.07. The van der Waals surface area contributed by atoms with Gasteiger partial charge in [0.2, 0.25) is 15.9 Å². The predicted molar refractivity (Wildman–Crippen MR) is 99.2 cm³/mol. The van der Waals surface area contributed by atoms with Gasteiger partial charge in [-0.3, -0.25) is 20.4 Å². The highest BCUT2D eigenvalue weighted by Gasteiger charge is 2.22. The summed E-state index contributed by atoms with van der Waals surface area (Å²) >= 11 is 0. The Labute approximate surface area is 162 Å². The van der Waals surface area contributed by atoms with Crippen molar-refractivity contribution in [2.45, 2.75) is 24.3 Å². The third-order valence-electron chi connectivity index (χ3n) is 3.70. The minimum absolute atomic E-state index is 0.0340. The smallest absolute Gasteiger partial charge is 0.256 e. The van der Waals surface area contributed by atoms with Crippen molar-refractivity contribution in [3.8, 4) is 5.75 Å². The molecule has 3 N–H and O–H groups in total. The van der Waals surface area contributed by atoms with Crippen molar-refractivity contribution in [2.24, 2.45) is 0 Å². The second-order valence-corrected chi connectivity index (χ2v) is 7.57. The van der Waals surface area contributed by atoms with Crippen LogP contribution in [0.2, 0.25) is 0 Å². The number of amides is 2. The molecule has 0 aliphatic rings. The van der Waals surface area contributed by atoms with Gasteiger partial charge in [0.25, 0.3) is 5.91 Å². The molecular formula is C18H20FN3O5S. The number of nitrogens with one attached hydrogen (secondary N) is 3. The van der Waals surface area contributed by atoms with E-state index in [0.29, 0.717) is 11.3 Å². The number of ether oxygens (including phenoxy) is 1. The van der Waals surface area contributed by atoms with Crippen molar-refractivity contribution < 1.29 is 27.1 Å². The molecule has 0 aromatic heterocycles. The first kappa shape index (κ1) is 21.3. The zero-order chi connectivity index (χ0) is 20.7. The highest BCUT2D eigenvalue weighted by molar-refractivity contribution is 7.89. The number of carbonyl (C=O) groups is 2. The molecule has 8 nitrogen and oxygen atoms in total. The molecule has 2 aromatic carbocycles. The van der Waals surface area contributed by atoms with Crippen LogP contribution in [0.25, 0.3) is 0 Å². The van der Waals surface area contributed by atoms with E-state index in [-0.39, 0.29) is 11.3 Å². The van der Waals surface area contributed by atoms with Gasteiger partial charge in [0.15, 0.2) is 0 Å². The molecule has 0 bridgehead atoms. The molecule has 2 aromatic rings. The number of hydrazine groups is 1. The molecule has 0 spiro atoms. The summed E-state index contributed by atoms with van der Waals surface area (Å²) in [7, 11) is -2.48. The molecule has 2 amide bonds. The topological polar surface area (TPSA) is 114 Å². The van der Waals surface area contributed by atoms with E-state index in [1.807, 2.05) is 0 Å². The number of methoxy groups -OCH3 is 1. The second-order valence-electron chi connectivity index (χ2n) is 5.86. The third-order valence-corrected chi connectivity index (χ3v) is 5.25. The van der Waals surface area contributed by atoms with Crippen LogP contribution in [0.3, 0.4) is 0 Å². The van der Waals surface area contributed by atoms with E-state index < -0.39 is 33.7 Å². The van der Waals surface area contributed by atoms with Gasteiger partial charge in [-0.15, -0.1) is 0 Å². The van der Waals surface area contributed by atoms with E-state index in [9.17, 15) is 22.4 Å². The van der Waals surface area contributed by atoms with Gasteiger partial charge in [-0.1, -0.05) is 12.1 Å². The molecule has 1 atom stereocenters. The lowest BCUT2D eigenvalue weighted by atomic mass is 10.1. The molecular weight excluding hydrogens is 389 g/mol. The van der Waals surface area contributed by atoms with Crippen molar-refractivity contribution in [3.05, 3.63) is 59.9 Å². The largest absolute Gasteiger partial charge is 0.497 e. The number of hydrogen-bond donors (Lipinski definition) is 3. The number of carbonyl (C=O) groups excluding carboxylic acids is 2. The van der Waals surface area contributed by atoms with Gasteiger partial charge in [0.05, 0.1) is 24.5 Å². The van der Waals surface area contributed by atoms with Gasteiger partial charge in [0.1, 0.15) is 11.6 Å². The van der Waals surface area contributed by atoms with E-state index in [0.717, 1.165) is 0 Å². The van der Waals surface area contributed by atoms with Gasteiger partial charge in [0, 0.05) is 0 Å². The fourth-order valence-corrected chi connectivity index (χ4v) is 3.38. The molecule has 0 fully saturated rings. The van der Waals surface area contributed by atoms with Crippen LogP contribution in [0.15, 0.2) is 53.4 Å². The fraction of sp³-hybridized carbons (Fsp3) is 0.222. The maximum absolute atomic E-state index is 12.8. The Morgan fingerprint density at radius 2 is 1.64 bits per heavy atom. The SMILES string of the molecule is COc1ccc(S(=O)(=O)N[C@@H](C)C(=O)NNC(=O)Cc2ccc(F)cc2)cc1. The standard InChI is InChI=1S/C18H20FN3O5S/c1-12(22-28(25,26)16-9-7-15(27-2)8-10-16)18(24)21-20-17(23)11-13-3-5-14(19)6-4-13/h3-10,12,22H,11H2,1-2H3,(H,20,23)(H,21,24)/t12-/m0/s1. The van der Waals surface area contributed by atoms with Crippen molar-refractivity contribution in [2.75, 3.05) is 7.11 Å². The van der Waals surface area contributed by atoms with Crippen molar-refractivity contribution in [3.63, 3.8) is 0 Å². The summed E-state index contributed by atoms with van der Waals surface area (Å²) in [6, 6.07) is 9.84. The van der Waals surface area contributed by atoms with Crippen molar-refractivity contribution >= 4 is 21.8 Å². The quantitative estimate of drug-likeness (QED) is 0.588. The summed E-state index contributed by atoms with van der Waals surface area (Å²) < 4.78 is 44.6. The summed E-state index contributed by atoms with van der Waals surface area (Å²) in [5.74, 6) is -1.21. The lowest BCUT2D eigenvalue weighted by Crippen LogP contribution is -2.51. The molecule has 0 saturated carbocycles. The van der Waals surface area contributed by atoms with Gasteiger partial charge < -0.3 is 4.74 Å². The Morgan fingerprint density at radius 3 is 2.21 bits per heavy atom. The second kappa shape index (κ2) is 9.29. The Bertz CT molecular complexity index is 931. The number of halogens is 1. The average Bonchev–Trinajstić information content (AvgIpc) is 2.67. The summed E-state index contributed by atoms with van der Waals surface area (Å²) in [6.45, 7) is 1.34. The molecule has 10 heteroatoms. The van der Waals surface area contributed by atoms with Crippen LogP contribution in [0, 0.1) is 5.82 Å². The molecule has 0 aliphatic carbocycles. The Balaban J connectivity index is 1.87. The summed E-state index contributed by atoms with van der Waals surface area (Å²) in [5.41, 5.74) is 4.89. The van der Waals surface area contributed by atoms with Crippen LogP contribution >= 0.6 is 0 Å². The van der Waals surface area contributed by atoms with Gasteiger partial charge in [-0.2, -0.15) is 4.72 Å². The molecule has 0 radical (unpaired) electrons. The Hall–Kier alpha value is -2.98. The van der Waals surface area contributed by atoms with E-state index in [1.54, 1.807) is 0 Å². The van der Waals surface area contributed by atoms with Crippen LogP contribution in [-0.2, 0) is 26.0 Å². The minimum Gasteiger partial charge on any atom is -0.497 e. The highest BCUT2D eigenvalue weighted by atomic mass is 32.2. The van der Waals surface area contributed by atoms with E-state index >= 15 is 0 Å². The van der Waals surface area contributed by atoms with Crippen LogP contribution in [0.5, 0.6) is 5.75 Å². The van der Waals surface area contributed by atoms with Crippen LogP contribution < -0.4 is 20.3 Å². The molecule has 0 unspecified atom stereocenters. The van der Waals surface area contributed by atoms with E-state index in [2.05, 4.69) is 15.6 Å². The maximum Gasteiger partial charge on any atom is 0.256 e. The lowest BCUT2D eigenvalue weighted by molar-refractivity contribution is -0.129. The minimum atomic E-state index is -3.94. The van der Waals surface area contributed by atoms with Crippen LogP contribution in [-0.4, -0.2) is 33.4 Å². The molecule has 0 heterocycles. The summed E-state index contributed by atoms with van der Waals surface area (Å²) in [6.07, 6.45) is -0.0769. The first-order valence-electron chi connectivity index (χ1n) is 8.21. The number of benzene rings is 2. The number of hydrogen-bond acceptors (Lipinski definition) is 5. The zero-order valence-electron chi connectivity index (χ0n) is 15.2. The Morgan fingerprint density at radius 1 is 1.04 bits per heavy atom. The van der Waals surface area contributed by atoms with E-state index in [1.165, 1.54) is 62.6 Å². The zero-order valence-corrected chi connectivity index (χ0v) is 16.0. The van der Waals surface area contributed by atoms with Crippen LogP contribution in [0.1, 0.15) is 12.5 Å². The molecule has 28 heavy (non-hydrogen) atoms. The number of rotatable bonds is 7. The van der Waals surface area contributed by atoms with Crippen LogP contribution in [0.4, 0.5) is 4.39 Å². The van der Waals surface area contributed by atoms with Gasteiger partial charge >= 0.3 is 0 Å². The van der Waals surface area contributed by atoms with Crippen molar-refractivity contribution in [1.29, 1.82) is 0 Å². The monoisotopic (exact) mass is 409 g/mol. The first-order valence-corrected chi connectivity index (χ1v) is 9.69. The normalized spacial score (nSPS) is 12.1. The van der Waals surface area contributed by atoms with Gasteiger partial charge in [-0.25, -0.2) is 12.8 Å². The molecule has 0 saturated heterocycles. The first-order chi connectivity index (χ1) is 13.2. The maximum atomic E-state index is 12.8. The number of sulfonamides is 1. The summed E-state index contributed by atoms with van der Waals surface area (Å²) in [4.78, 5) is 23.8. The average molecular weight is 409 g/mol. The molecule has 0 aliphatic heterocycles. The van der Waals surface area contributed by atoms with E-state index in [4.69, 9.17) is 4.74 Å². The predicted octanol–water partition coefficient (Wildman–Crippen LogP) is 0.891. The lowest BCUT2D eigenvalue weighted by Gasteiger charge is -2.15. The molecule has 150 valence electrons. The van der Waals surface area contributed by atoms with Gasteiger partial charge in [-0.05, 0) is 48.9 Å². The molecule has 2 rings (SSSR count). The summed E-state index contributed by atoms with van der Waals surface area (Å²) in [5, 5.41) is 0. The third kappa shape index (κ3) is 6.03. The highest BCUT2D eigenvalue weighted by Crippen LogP contribution is 2.15. The fourth-order valence-electron chi connectivity index (χ4n) is 2.18.